The Morgan fingerprint density at radius 3 is 2.36 bits per heavy atom. The van der Waals surface area contributed by atoms with E-state index in [1.165, 1.54) is 12.1 Å². The predicted octanol–water partition coefficient (Wildman–Crippen LogP) is 2.23. The third-order valence-electron chi connectivity index (χ3n) is 3.18. The van der Waals surface area contributed by atoms with Gasteiger partial charge in [0.25, 0.3) is 0 Å². The average molecular weight is 302 g/mol. The zero-order chi connectivity index (χ0) is 15.8. The second-order valence-corrected chi connectivity index (χ2v) is 5.03. The van der Waals surface area contributed by atoms with E-state index in [4.69, 9.17) is 0 Å². The maximum Gasteiger partial charge on any atom is 0.315 e. The van der Waals surface area contributed by atoms with Crippen LogP contribution in [-0.4, -0.2) is 23.8 Å². The predicted molar refractivity (Wildman–Crippen MR) is 82.8 cm³/mol. The molecule has 116 valence electrons. The molecule has 0 radical (unpaired) electrons. The van der Waals surface area contributed by atoms with Gasteiger partial charge in [-0.15, -0.1) is 0 Å². The number of amides is 2. The van der Waals surface area contributed by atoms with E-state index in [9.17, 15) is 14.3 Å². The lowest BCUT2D eigenvalue weighted by atomic mass is 10.1. The number of nitrogens with one attached hydrogen (secondary N) is 2. The Morgan fingerprint density at radius 2 is 1.68 bits per heavy atom. The van der Waals surface area contributed by atoms with Crippen molar-refractivity contribution in [3.8, 4) is 0 Å². The van der Waals surface area contributed by atoms with Gasteiger partial charge in [0.2, 0.25) is 0 Å². The molecule has 0 aromatic heterocycles. The molecule has 5 heteroatoms. The van der Waals surface area contributed by atoms with Gasteiger partial charge in [0.15, 0.2) is 0 Å². The molecule has 0 heterocycles. The Bertz CT molecular complexity index is 587. The van der Waals surface area contributed by atoms with E-state index in [-0.39, 0.29) is 18.4 Å². The van der Waals surface area contributed by atoms with Crippen molar-refractivity contribution in [1.82, 2.24) is 10.6 Å². The molecule has 0 bridgehead atoms. The fraction of sp³-hybridized carbons (Fsp3) is 0.235. The van der Waals surface area contributed by atoms with E-state index in [0.717, 1.165) is 11.1 Å². The SMILES string of the molecule is O=C(NCc1ccc(F)cc1)NCC(O)Cc1ccccc1. The first-order chi connectivity index (χ1) is 10.6. The number of rotatable bonds is 6. The quantitative estimate of drug-likeness (QED) is 0.766. The first-order valence-corrected chi connectivity index (χ1v) is 7.11. The monoisotopic (exact) mass is 302 g/mol. The normalized spacial score (nSPS) is 11.7. The number of carbonyl (C=O) groups is 1. The van der Waals surface area contributed by atoms with Crippen LogP contribution in [0.4, 0.5) is 9.18 Å². The lowest BCUT2D eigenvalue weighted by Gasteiger charge is -2.12. The highest BCUT2D eigenvalue weighted by Crippen LogP contribution is 2.03. The van der Waals surface area contributed by atoms with Gasteiger partial charge < -0.3 is 15.7 Å². The largest absolute Gasteiger partial charge is 0.391 e. The van der Waals surface area contributed by atoms with Gasteiger partial charge in [-0.2, -0.15) is 0 Å². The molecule has 0 aliphatic carbocycles. The molecule has 22 heavy (non-hydrogen) atoms. The lowest BCUT2D eigenvalue weighted by Crippen LogP contribution is -2.39. The standard InChI is InChI=1S/C17H19FN2O2/c18-15-8-6-14(7-9-15)11-19-17(22)20-12-16(21)10-13-4-2-1-3-5-13/h1-9,16,21H,10-12H2,(H2,19,20,22). The fourth-order valence-electron chi connectivity index (χ4n) is 2.02. The topological polar surface area (TPSA) is 61.4 Å². The van der Waals surface area contributed by atoms with Crippen molar-refractivity contribution >= 4 is 6.03 Å². The second-order valence-electron chi connectivity index (χ2n) is 5.03. The molecule has 2 rings (SSSR count). The summed E-state index contributed by atoms with van der Waals surface area (Å²) >= 11 is 0. The summed E-state index contributed by atoms with van der Waals surface area (Å²) in [5.74, 6) is -0.308. The van der Waals surface area contributed by atoms with Crippen molar-refractivity contribution in [1.29, 1.82) is 0 Å². The van der Waals surface area contributed by atoms with Gasteiger partial charge in [-0.3, -0.25) is 0 Å². The Morgan fingerprint density at radius 1 is 1.00 bits per heavy atom. The molecule has 0 spiro atoms. The van der Waals surface area contributed by atoms with E-state index >= 15 is 0 Å². The highest BCUT2D eigenvalue weighted by molar-refractivity contribution is 5.73. The zero-order valence-electron chi connectivity index (χ0n) is 12.1. The molecule has 3 N–H and O–H groups in total. The Labute approximate surface area is 129 Å². The minimum Gasteiger partial charge on any atom is -0.391 e. The first kappa shape index (κ1) is 16.0. The Hall–Kier alpha value is -2.40. The van der Waals surface area contributed by atoms with Crippen LogP contribution in [0.2, 0.25) is 0 Å². The number of benzene rings is 2. The first-order valence-electron chi connectivity index (χ1n) is 7.11. The number of hydrogen-bond acceptors (Lipinski definition) is 2. The fourth-order valence-corrected chi connectivity index (χ4v) is 2.02. The van der Waals surface area contributed by atoms with Crippen LogP contribution in [0.5, 0.6) is 0 Å². The van der Waals surface area contributed by atoms with Crippen molar-refractivity contribution in [2.45, 2.75) is 19.1 Å². The van der Waals surface area contributed by atoms with Gasteiger partial charge in [-0.25, -0.2) is 9.18 Å². The van der Waals surface area contributed by atoms with Gasteiger partial charge >= 0.3 is 6.03 Å². The molecule has 1 atom stereocenters. The maximum absolute atomic E-state index is 12.7. The summed E-state index contributed by atoms with van der Waals surface area (Å²) in [6.45, 7) is 0.477. The zero-order valence-corrected chi connectivity index (χ0v) is 12.1. The highest BCUT2D eigenvalue weighted by atomic mass is 19.1. The number of carbonyl (C=O) groups excluding carboxylic acids is 1. The summed E-state index contributed by atoms with van der Waals surface area (Å²) in [4.78, 5) is 11.6. The van der Waals surface area contributed by atoms with Gasteiger partial charge in [0.05, 0.1) is 6.10 Å². The van der Waals surface area contributed by atoms with Crippen LogP contribution in [0.25, 0.3) is 0 Å². The van der Waals surface area contributed by atoms with Gasteiger partial charge in [-0.05, 0) is 23.3 Å². The van der Waals surface area contributed by atoms with Crippen molar-refractivity contribution in [2.75, 3.05) is 6.54 Å². The molecular formula is C17H19FN2O2. The lowest BCUT2D eigenvalue weighted by molar-refractivity contribution is 0.170. The van der Waals surface area contributed by atoms with Gasteiger partial charge in [0.1, 0.15) is 5.82 Å². The van der Waals surface area contributed by atoms with Crippen LogP contribution >= 0.6 is 0 Å². The van der Waals surface area contributed by atoms with Crippen LogP contribution in [0.1, 0.15) is 11.1 Å². The van der Waals surface area contributed by atoms with Crippen LogP contribution < -0.4 is 10.6 Å². The molecule has 0 saturated heterocycles. The third kappa shape index (κ3) is 5.54. The van der Waals surface area contributed by atoms with E-state index in [1.54, 1.807) is 12.1 Å². The van der Waals surface area contributed by atoms with Crippen LogP contribution in [0.15, 0.2) is 54.6 Å². The third-order valence-corrected chi connectivity index (χ3v) is 3.18. The summed E-state index contributed by atoms with van der Waals surface area (Å²) in [6.07, 6.45) is -0.155. The van der Waals surface area contributed by atoms with E-state index in [1.807, 2.05) is 30.3 Å². The van der Waals surface area contributed by atoms with Crippen molar-refractivity contribution in [2.24, 2.45) is 0 Å². The smallest absolute Gasteiger partial charge is 0.315 e. The van der Waals surface area contributed by atoms with E-state index in [0.29, 0.717) is 13.0 Å². The summed E-state index contributed by atoms with van der Waals surface area (Å²) in [5.41, 5.74) is 1.82. The van der Waals surface area contributed by atoms with Crippen LogP contribution in [-0.2, 0) is 13.0 Å². The summed E-state index contributed by atoms with van der Waals surface area (Å²) in [7, 11) is 0. The molecule has 2 aromatic carbocycles. The molecule has 0 aliphatic rings. The number of urea groups is 1. The summed E-state index contributed by atoms with van der Waals surface area (Å²) < 4.78 is 12.7. The molecule has 4 nitrogen and oxygen atoms in total. The van der Waals surface area contributed by atoms with Crippen molar-refractivity contribution in [3.63, 3.8) is 0 Å². The van der Waals surface area contributed by atoms with Gasteiger partial charge in [0, 0.05) is 19.5 Å². The average Bonchev–Trinajstić information content (AvgIpc) is 2.53. The van der Waals surface area contributed by atoms with Crippen molar-refractivity contribution in [3.05, 3.63) is 71.5 Å². The molecule has 0 aliphatic heterocycles. The number of aliphatic hydroxyl groups excluding tert-OH is 1. The van der Waals surface area contributed by atoms with Crippen molar-refractivity contribution < 1.29 is 14.3 Å². The molecule has 0 fully saturated rings. The molecule has 2 aromatic rings. The summed E-state index contributed by atoms with van der Waals surface area (Å²) in [5, 5.41) is 15.1. The number of aliphatic hydroxyl groups is 1. The Kier molecular flexibility index (Phi) is 5.91. The van der Waals surface area contributed by atoms with E-state index < -0.39 is 6.10 Å². The van der Waals surface area contributed by atoms with Crippen LogP contribution in [0, 0.1) is 5.82 Å². The molecule has 1 unspecified atom stereocenters. The highest BCUT2D eigenvalue weighted by Gasteiger charge is 2.07. The maximum atomic E-state index is 12.7. The van der Waals surface area contributed by atoms with Gasteiger partial charge in [-0.1, -0.05) is 42.5 Å². The molecule has 0 saturated carbocycles. The minimum absolute atomic E-state index is 0.171. The number of hydrogen-bond donors (Lipinski definition) is 3. The Balaban J connectivity index is 1.67. The minimum atomic E-state index is -0.640. The number of halogens is 1. The van der Waals surface area contributed by atoms with E-state index in [2.05, 4.69) is 10.6 Å². The summed E-state index contributed by atoms with van der Waals surface area (Å²) in [6, 6.07) is 15.1. The molecule has 2 amide bonds. The second kappa shape index (κ2) is 8.14. The van der Waals surface area contributed by atoms with Crippen LogP contribution in [0.3, 0.4) is 0 Å². The molecular weight excluding hydrogens is 283 g/mol.